The molecule has 0 aliphatic rings. The van der Waals surface area contributed by atoms with E-state index >= 15 is 0 Å². The SMILES string of the molecule is CCCOc1cc(OCCC)c(C(=O)COC)c(OCCC)c1. The number of hydrogen-bond donors (Lipinski definition) is 0. The van der Waals surface area contributed by atoms with Crippen molar-refractivity contribution in [3.63, 3.8) is 0 Å². The Bertz CT molecular complexity index is 455. The molecule has 5 heteroatoms. The van der Waals surface area contributed by atoms with E-state index in [4.69, 9.17) is 18.9 Å². The van der Waals surface area contributed by atoms with Gasteiger partial charge in [0.05, 0.1) is 19.8 Å². The Balaban J connectivity index is 3.23. The lowest BCUT2D eigenvalue weighted by atomic mass is 10.1. The van der Waals surface area contributed by atoms with Crippen molar-refractivity contribution >= 4 is 5.78 Å². The van der Waals surface area contributed by atoms with Crippen molar-refractivity contribution in [2.45, 2.75) is 40.0 Å². The van der Waals surface area contributed by atoms with Gasteiger partial charge >= 0.3 is 0 Å². The molecule has 0 saturated heterocycles. The van der Waals surface area contributed by atoms with Crippen molar-refractivity contribution in [2.24, 2.45) is 0 Å². The molecule has 1 aromatic rings. The highest BCUT2D eigenvalue weighted by Gasteiger charge is 2.21. The van der Waals surface area contributed by atoms with Crippen LogP contribution in [0.3, 0.4) is 0 Å². The molecule has 0 heterocycles. The van der Waals surface area contributed by atoms with Gasteiger partial charge in [0.2, 0.25) is 0 Å². The van der Waals surface area contributed by atoms with Crippen molar-refractivity contribution in [3.8, 4) is 17.2 Å². The predicted octanol–water partition coefficient (Wildman–Crippen LogP) is 3.88. The molecule has 0 aliphatic heterocycles. The summed E-state index contributed by atoms with van der Waals surface area (Å²) in [6.45, 7) is 7.71. The van der Waals surface area contributed by atoms with Crippen LogP contribution >= 0.6 is 0 Å². The third-order valence-electron chi connectivity index (χ3n) is 2.99. The first-order chi connectivity index (χ1) is 11.2. The Morgan fingerprint density at radius 2 is 1.35 bits per heavy atom. The van der Waals surface area contributed by atoms with E-state index in [1.54, 1.807) is 12.1 Å². The predicted molar refractivity (Wildman–Crippen MR) is 90.0 cm³/mol. The van der Waals surface area contributed by atoms with Gasteiger partial charge in [-0.25, -0.2) is 0 Å². The standard InChI is InChI=1S/C18H28O5/c1-5-8-21-14-11-16(22-9-6-2)18(15(19)13-20-4)17(12-14)23-10-7-3/h11-12H,5-10,13H2,1-4H3. The summed E-state index contributed by atoms with van der Waals surface area (Å²) in [4.78, 5) is 12.4. The van der Waals surface area contributed by atoms with Crippen LogP contribution in [0.4, 0.5) is 0 Å². The van der Waals surface area contributed by atoms with Gasteiger partial charge in [0, 0.05) is 19.2 Å². The second-order valence-electron chi connectivity index (χ2n) is 5.20. The second-order valence-corrected chi connectivity index (χ2v) is 5.20. The third kappa shape index (κ3) is 6.10. The molecule has 0 N–H and O–H groups in total. The van der Waals surface area contributed by atoms with Gasteiger partial charge in [-0.2, -0.15) is 0 Å². The zero-order chi connectivity index (χ0) is 17.1. The zero-order valence-corrected chi connectivity index (χ0v) is 14.6. The summed E-state index contributed by atoms with van der Waals surface area (Å²) >= 11 is 0. The Morgan fingerprint density at radius 3 is 1.78 bits per heavy atom. The minimum Gasteiger partial charge on any atom is -0.493 e. The summed E-state index contributed by atoms with van der Waals surface area (Å²) in [5, 5.41) is 0. The van der Waals surface area contributed by atoms with E-state index in [0.29, 0.717) is 42.6 Å². The van der Waals surface area contributed by atoms with Crippen LogP contribution in [0.25, 0.3) is 0 Å². The molecule has 0 atom stereocenters. The monoisotopic (exact) mass is 324 g/mol. The van der Waals surface area contributed by atoms with Crippen LogP contribution in [0, 0.1) is 0 Å². The van der Waals surface area contributed by atoms with Crippen molar-refractivity contribution in [2.75, 3.05) is 33.5 Å². The highest BCUT2D eigenvalue weighted by Crippen LogP contribution is 2.35. The van der Waals surface area contributed by atoms with E-state index in [9.17, 15) is 4.79 Å². The molecular formula is C18H28O5. The Kier molecular flexibility index (Phi) is 9.14. The molecular weight excluding hydrogens is 296 g/mol. The number of rotatable bonds is 12. The molecule has 130 valence electrons. The zero-order valence-electron chi connectivity index (χ0n) is 14.6. The lowest BCUT2D eigenvalue weighted by molar-refractivity contribution is 0.0839. The van der Waals surface area contributed by atoms with Gasteiger partial charge in [0.1, 0.15) is 29.4 Å². The largest absolute Gasteiger partial charge is 0.493 e. The fourth-order valence-electron chi connectivity index (χ4n) is 2.00. The highest BCUT2D eigenvalue weighted by atomic mass is 16.5. The smallest absolute Gasteiger partial charge is 0.195 e. The second kappa shape index (κ2) is 10.9. The van der Waals surface area contributed by atoms with Gasteiger partial charge in [0.15, 0.2) is 5.78 Å². The number of benzene rings is 1. The van der Waals surface area contributed by atoms with Crippen molar-refractivity contribution in [3.05, 3.63) is 17.7 Å². The molecule has 0 radical (unpaired) electrons. The molecule has 1 aromatic carbocycles. The Morgan fingerprint density at radius 1 is 0.870 bits per heavy atom. The average Bonchev–Trinajstić information content (AvgIpc) is 2.55. The van der Waals surface area contributed by atoms with Gasteiger partial charge in [-0.15, -0.1) is 0 Å². The van der Waals surface area contributed by atoms with Gasteiger partial charge < -0.3 is 18.9 Å². The lowest BCUT2D eigenvalue weighted by Crippen LogP contribution is -2.13. The molecule has 0 amide bonds. The third-order valence-corrected chi connectivity index (χ3v) is 2.99. The van der Waals surface area contributed by atoms with Gasteiger partial charge in [-0.3, -0.25) is 4.79 Å². The maximum Gasteiger partial charge on any atom is 0.195 e. The number of methoxy groups -OCH3 is 1. The molecule has 5 nitrogen and oxygen atoms in total. The Hall–Kier alpha value is -1.75. The van der Waals surface area contributed by atoms with E-state index in [0.717, 1.165) is 19.3 Å². The number of carbonyl (C=O) groups is 1. The molecule has 0 fully saturated rings. The molecule has 23 heavy (non-hydrogen) atoms. The number of ketones is 1. The van der Waals surface area contributed by atoms with Crippen LogP contribution in [0.5, 0.6) is 17.2 Å². The van der Waals surface area contributed by atoms with Crippen molar-refractivity contribution < 1.29 is 23.7 Å². The first-order valence-corrected chi connectivity index (χ1v) is 8.26. The molecule has 1 rings (SSSR count). The van der Waals surface area contributed by atoms with Crippen molar-refractivity contribution in [1.29, 1.82) is 0 Å². The molecule has 0 saturated carbocycles. The molecule has 0 aliphatic carbocycles. The number of ether oxygens (including phenoxy) is 4. The fourth-order valence-corrected chi connectivity index (χ4v) is 2.00. The van der Waals surface area contributed by atoms with E-state index in [1.165, 1.54) is 7.11 Å². The summed E-state index contributed by atoms with van der Waals surface area (Å²) in [6, 6.07) is 3.51. The maximum absolute atomic E-state index is 12.4. The minimum atomic E-state index is -0.160. The lowest BCUT2D eigenvalue weighted by Gasteiger charge is -2.17. The van der Waals surface area contributed by atoms with Gasteiger partial charge in [-0.05, 0) is 19.3 Å². The molecule has 0 unspecified atom stereocenters. The molecule has 0 aromatic heterocycles. The quantitative estimate of drug-likeness (QED) is 0.546. The molecule has 0 bridgehead atoms. The summed E-state index contributed by atoms with van der Waals surface area (Å²) in [5.41, 5.74) is 0.428. The first kappa shape index (κ1) is 19.3. The first-order valence-electron chi connectivity index (χ1n) is 8.26. The highest BCUT2D eigenvalue weighted by molar-refractivity contribution is 6.02. The van der Waals surface area contributed by atoms with Crippen LogP contribution in [0.15, 0.2) is 12.1 Å². The Labute approximate surface area is 138 Å². The average molecular weight is 324 g/mol. The minimum absolute atomic E-state index is 0.0138. The summed E-state index contributed by atoms with van der Waals surface area (Å²) < 4.78 is 22.2. The van der Waals surface area contributed by atoms with Crippen molar-refractivity contribution in [1.82, 2.24) is 0 Å². The van der Waals surface area contributed by atoms with E-state index < -0.39 is 0 Å². The van der Waals surface area contributed by atoms with Gasteiger partial charge in [0.25, 0.3) is 0 Å². The topological polar surface area (TPSA) is 54.0 Å². The van der Waals surface area contributed by atoms with E-state index in [2.05, 4.69) is 0 Å². The van der Waals surface area contributed by atoms with Crippen LogP contribution in [0.1, 0.15) is 50.4 Å². The fraction of sp³-hybridized carbons (Fsp3) is 0.611. The number of carbonyl (C=O) groups excluding carboxylic acids is 1. The van der Waals surface area contributed by atoms with E-state index in [1.807, 2.05) is 20.8 Å². The maximum atomic E-state index is 12.4. The molecule has 0 spiro atoms. The van der Waals surface area contributed by atoms with Gasteiger partial charge in [-0.1, -0.05) is 20.8 Å². The summed E-state index contributed by atoms with van der Waals surface area (Å²) in [5.74, 6) is 1.48. The van der Waals surface area contributed by atoms with Crippen LogP contribution in [-0.2, 0) is 4.74 Å². The summed E-state index contributed by atoms with van der Waals surface area (Å²) in [7, 11) is 1.50. The van der Waals surface area contributed by atoms with Crippen LogP contribution in [0.2, 0.25) is 0 Å². The summed E-state index contributed by atoms with van der Waals surface area (Å²) in [6.07, 6.45) is 2.60. The normalized spacial score (nSPS) is 10.4. The number of hydrogen-bond acceptors (Lipinski definition) is 5. The van der Waals surface area contributed by atoms with Crippen LogP contribution < -0.4 is 14.2 Å². The van der Waals surface area contributed by atoms with Crippen LogP contribution in [-0.4, -0.2) is 39.3 Å². The van der Waals surface area contributed by atoms with E-state index in [-0.39, 0.29) is 12.4 Å². The number of Topliss-reactive ketones (excluding diaryl/α,β-unsaturated/α-hetero) is 1.